The number of rotatable bonds is 8. The molecular formula is C26H25N3O5. The van der Waals surface area contributed by atoms with Crippen LogP contribution in [-0.4, -0.2) is 42.3 Å². The standard InChI is InChI=1S/C26H25N3O5/c1-29-20-12-8-7-11-19(20)27-25(29)24(17-9-5-4-6-10-17)28-26(31)18-13-14-21(22(15-18)32-2)34-16-23(30)33-3/h4-15,24H,16H2,1-3H3,(H,28,31). The van der Waals surface area contributed by atoms with Crippen molar-refractivity contribution in [2.24, 2.45) is 7.05 Å². The quantitative estimate of drug-likeness (QED) is 0.405. The summed E-state index contributed by atoms with van der Waals surface area (Å²) >= 11 is 0. The van der Waals surface area contributed by atoms with Gasteiger partial charge >= 0.3 is 5.97 Å². The van der Waals surface area contributed by atoms with Crippen LogP contribution in [0.15, 0.2) is 72.8 Å². The van der Waals surface area contributed by atoms with Gasteiger partial charge in [-0.2, -0.15) is 0 Å². The molecule has 0 spiro atoms. The summed E-state index contributed by atoms with van der Waals surface area (Å²) in [6, 6.07) is 21.8. The second-order valence-electron chi connectivity index (χ2n) is 7.57. The lowest BCUT2D eigenvalue weighted by Crippen LogP contribution is -2.31. The van der Waals surface area contributed by atoms with Crippen molar-refractivity contribution >= 4 is 22.9 Å². The Morgan fingerprint density at radius 2 is 1.71 bits per heavy atom. The first kappa shape index (κ1) is 22.8. The number of aryl methyl sites for hydroxylation is 1. The number of fused-ring (bicyclic) bond motifs is 1. The minimum Gasteiger partial charge on any atom is -0.493 e. The van der Waals surface area contributed by atoms with Gasteiger partial charge in [0.15, 0.2) is 18.1 Å². The molecule has 0 saturated heterocycles. The van der Waals surface area contributed by atoms with E-state index in [1.807, 2.05) is 66.2 Å². The summed E-state index contributed by atoms with van der Waals surface area (Å²) in [5.74, 6) is 0.552. The number of nitrogens with zero attached hydrogens (tertiary/aromatic N) is 2. The van der Waals surface area contributed by atoms with Crippen LogP contribution in [0.1, 0.15) is 27.8 Å². The molecule has 1 N–H and O–H groups in total. The maximum Gasteiger partial charge on any atom is 0.343 e. The SMILES string of the molecule is COC(=O)COc1ccc(C(=O)NC(c2ccccc2)c2nc3ccccc3n2C)cc1OC. The molecule has 3 aromatic carbocycles. The molecule has 0 aliphatic heterocycles. The van der Waals surface area contributed by atoms with Crippen LogP contribution in [0.4, 0.5) is 0 Å². The molecule has 1 amide bonds. The predicted octanol–water partition coefficient (Wildman–Crippen LogP) is 3.65. The van der Waals surface area contributed by atoms with Gasteiger partial charge < -0.3 is 24.1 Å². The Bertz CT molecular complexity index is 1320. The van der Waals surface area contributed by atoms with Crippen molar-refractivity contribution in [3.63, 3.8) is 0 Å². The molecule has 1 atom stereocenters. The molecule has 4 rings (SSSR count). The van der Waals surface area contributed by atoms with Crippen molar-refractivity contribution in [2.45, 2.75) is 6.04 Å². The third-order valence-corrected chi connectivity index (χ3v) is 5.49. The Labute approximate surface area is 197 Å². The summed E-state index contributed by atoms with van der Waals surface area (Å²) in [6.45, 7) is -0.263. The van der Waals surface area contributed by atoms with Crippen LogP contribution in [0.3, 0.4) is 0 Å². The molecule has 4 aromatic rings. The van der Waals surface area contributed by atoms with Crippen LogP contribution >= 0.6 is 0 Å². The number of amides is 1. The van der Waals surface area contributed by atoms with Gasteiger partial charge in [-0.1, -0.05) is 42.5 Å². The number of imidazole rings is 1. The van der Waals surface area contributed by atoms with Gasteiger partial charge in [-0.25, -0.2) is 9.78 Å². The zero-order chi connectivity index (χ0) is 24.1. The highest BCUT2D eigenvalue weighted by atomic mass is 16.6. The third-order valence-electron chi connectivity index (χ3n) is 5.49. The number of para-hydroxylation sites is 2. The summed E-state index contributed by atoms with van der Waals surface area (Å²) in [4.78, 5) is 29.5. The zero-order valence-electron chi connectivity index (χ0n) is 19.1. The van der Waals surface area contributed by atoms with E-state index in [0.717, 1.165) is 16.6 Å². The van der Waals surface area contributed by atoms with Crippen molar-refractivity contribution in [1.29, 1.82) is 0 Å². The van der Waals surface area contributed by atoms with Gasteiger partial charge in [0, 0.05) is 12.6 Å². The monoisotopic (exact) mass is 459 g/mol. The highest BCUT2D eigenvalue weighted by molar-refractivity contribution is 5.95. The van der Waals surface area contributed by atoms with Gasteiger partial charge in [-0.05, 0) is 35.9 Å². The van der Waals surface area contributed by atoms with Gasteiger partial charge in [-0.3, -0.25) is 4.79 Å². The number of hydrogen-bond donors (Lipinski definition) is 1. The Hall–Kier alpha value is -4.33. The predicted molar refractivity (Wildman–Crippen MR) is 127 cm³/mol. The molecule has 174 valence electrons. The van der Waals surface area contributed by atoms with E-state index in [0.29, 0.717) is 22.9 Å². The smallest absolute Gasteiger partial charge is 0.343 e. The van der Waals surface area contributed by atoms with Crippen molar-refractivity contribution in [1.82, 2.24) is 14.9 Å². The number of nitrogens with one attached hydrogen (secondary N) is 1. The van der Waals surface area contributed by atoms with E-state index in [4.69, 9.17) is 14.5 Å². The number of esters is 1. The molecule has 1 unspecified atom stereocenters. The number of hydrogen-bond acceptors (Lipinski definition) is 6. The maximum absolute atomic E-state index is 13.3. The molecule has 34 heavy (non-hydrogen) atoms. The number of ether oxygens (including phenoxy) is 3. The molecule has 8 heteroatoms. The fourth-order valence-electron chi connectivity index (χ4n) is 3.70. The van der Waals surface area contributed by atoms with Gasteiger partial charge in [0.25, 0.3) is 5.91 Å². The van der Waals surface area contributed by atoms with E-state index in [2.05, 4.69) is 10.1 Å². The minimum atomic E-state index is -0.517. The summed E-state index contributed by atoms with van der Waals surface area (Å²) in [5, 5.41) is 3.11. The highest BCUT2D eigenvalue weighted by Gasteiger charge is 2.24. The molecule has 0 fully saturated rings. The van der Waals surface area contributed by atoms with E-state index in [-0.39, 0.29) is 12.5 Å². The number of carbonyl (C=O) groups excluding carboxylic acids is 2. The third kappa shape index (κ3) is 4.71. The van der Waals surface area contributed by atoms with Gasteiger partial charge in [0.05, 0.1) is 25.3 Å². The highest BCUT2D eigenvalue weighted by Crippen LogP contribution is 2.29. The summed E-state index contributed by atoms with van der Waals surface area (Å²) < 4.78 is 17.4. The Morgan fingerprint density at radius 1 is 0.971 bits per heavy atom. The van der Waals surface area contributed by atoms with Crippen molar-refractivity contribution < 1.29 is 23.8 Å². The molecule has 0 saturated carbocycles. The second-order valence-corrected chi connectivity index (χ2v) is 7.57. The fraction of sp³-hybridized carbons (Fsp3) is 0.192. The fourth-order valence-corrected chi connectivity index (χ4v) is 3.70. The average molecular weight is 460 g/mol. The van der Waals surface area contributed by atoms with Crippen LogP contribution in [0.5, 0.6) is 11.5 Å². The number of methoxy groups -OCH3 is 2. The minimum absolute atomic E-state index is 0.263. The maximum atomic E-state index is 13.3. The second kappa shape index (κ2) is 10.1. The number of carbonyl (C=O) groups is 2. The van der Waals surface area contributed by atoms with Crippen molar-refractivity contribution in [3.05, 3.63) is 89.7 Å². The molecule has 0 aliphatic carbocycles. The molecule has 0 aliphatic rings. The molecular weight excluding hydrogens is 434 g/mol. The van der Waals surface area contributed by atoms with Gasteiger partial charge in [0.2, 0.25) is 0 Å². The lowest BCUT2D eigenvalue weighted by molar-refractivity contribution is -0.142. The number of benzene rings is 3. The van der Waals surface area contributed by atoms with E-state index in [9.17, 15) is 9.59 Å². The first-order chi connectivity index (χ1) is 16.5. The van der Waals surface area contributed by atoms with Crippen LogP contribution in [0.25, 0.3) is 11.0 Å². The molecule has 8 nitrogen and oxygen atoms in total. The van der Waals surface area contributed by atoms with Crippen LogP contribution in [0, 0.1) is 0 Å². The zero-order valence-corrected chi connectivity index (χ0v) is 19.1. The normalized spacial score (nSPS) is 11.6. The largest absolute Gasteiger partial charge is 0.493 e. The van der Waals surface area contributed by atoms with Crippen molar-refractivity contribution in [3.8, 4) is 11.5 Å². The van der Waals surface area contributed by atoms with E-state index < -0.39 is 12.0 Å². The first-order valence-electron chi connectivity index (χ1n) is 10.7. The lowest BCUT2D eigenvalue weighted by atomic mass is 10.1. The summed E-state index contributed by atoms with van der Waals surface area (Å²) in [5.41, 5.74) is 3.10. The Morgan fingerprint density at radius 3 is 2.41 bits per heavy atom. The Kier molecular flexibility index (Phi) is 6.77. The van der Waals surface area contributed by atoms with E-state index in [1.54, 1.807) is 18.2 Å². The van der Waals surface area contributed by atoms with E-state index >= 15 is 0 Å². The Balaban J connectivity index is 1.65. The van der Waals surface area contributed by atoms with Crippen LogP contribution in [-0.2, 0) is 16.6 Å². The average Bonchev–Trinajstić information content (AvgIpc) is 3.22. The van der Waals surface area contributed by atoms with Gasteiger partial charge in [0.1, 0.15) is 11.9 Å². The first-order valence-corrected chi connectivity index (χ1v) is 10.7. The van der Waals surface area contributed by atoms with Crippen LogP contribution in [0.2, 0.25) is 0 Å². The molecule has 0 bridgehead atoms. The molecule has 1 heterocycles. The van der Waals surface area contributed by atoms with Crippen LogP contribution < -0.4 is 14.8 Å². The topological polar surface area (TPSA) is 91.7 Å². The summed E-state index contributed by atoms with van der Waals surface area (Å²) in [7, 11) is 4.68. The van der Waals surface area contributed by atoms with Gasteiger partial charge in [-0.15, -0.1) is 0 Å². The summed E-state index contributed by atoms with van der Waals surface area (Å²) in [6.07, 6.45) is 0. The lowest BCUT2D eigenvalue weighted by Gasteiger charge is -2.20. The number of aromatic nitrogens is 2. The molecule has 0 radical (unpaired) electrons. The van der Waals surface area contributed by atoms with Crippen molar-refractivity contribution in [2.75, 3.05) is 20.8 Å². The molecule has 1 aromatic heterocycles. The van der Waals surface area contributed by atoms with E-state index in [1.165, 1.54) is 14.2 Å².